The van der Waals surface area contributed by atoms with Crippen LogP contribution >= 0.6 is 0 Å². The number of hydrogen-bond donors (Lipinski definition) is 1. The van der Waals surface area contributed by atoms with Gasteiger partial charge < -0.3 is 14.6 Å². The van der Waals surface area contributed by atoms with E-state index in [4.69, 9.17) is 14.6 Å². The van der Waals surface area contributed by atoms with Crippen LogP contribution in [0, 0.1) is 18.8 Å². The van der Waals surface area contributed by atoms with Crippen molar-refractivity contribution < 1.29 is 19.4 Å². The molecule has 6 heteroatoms. The summed E-state index contributed by atoms with van der Waals surface area (Å²) < 4.78 is 13.9. The second-order valence-corrected chi connectivity index (χ2v) is 9.05. The van der Waals surface area contributed by atoms with Crippen molar-refractivity contribution in [3.63, 3.8) is 0 Å². The third-order valence-corrected chi connectivity index (χ3v) is 7.70. The van der Waals surface area contributed by atoms with Crippen molar-refractivity contribution in [3.05, 3.63) is 47.3 Å². The minimum Gasteiger partial charge on any atom is -0.432 e. The van der Waals surface area contributed by atoms with Crippen LogP contribution in [-0.4, -0.2) is 33.8 Å². The van der Waals surface area contributed by atoms with Gasteiger partial charge in [-0.15, -0.1) is 0 Å². The third kappa shape index (κ3) is 2.38. The molecule has 1 spiro atoms. The molecule has 2 aromatic rings. The maximum Gasteiger partial charge on any atom is 0.321 e. The zero-order valence-corrected chi connectivity index (χ0v) is 17.9. The number of aliphatic hydroxyl groups excluding tert-OH is 1. The number of aliphatic hydroxyl groups is 1. The topological polar surface area (TPSA) is 73.6 Å². The Balaban J connectivity index is 1.81. The first kappa shape index (κ1) is 19.8. The second kappa shape index (κ2) is 6.92. The molecule has 0 radical (unpaired) electrons. The highest BCUT2D eigenvalue weighted by Crippen LogP contribution is 2.65. The molecule has 1 aliphatic heterocycles. The standard InChI is InChI=1S/C24H30N2O4/c1-4-5-11-19-23(29-3)13-12-16-14-18(27)20-15(2)25-26(17-9-7-6-8-10-17)21(20)24(16,19)22(28)30-23/h6-10,16,18-19,27H,4-5,11-14H2,1-3H3/t16-,18?,19-,23+,24-/m1/s1. The highest BCUT2D eigenvalue weighted by atomic mass is 16.7. The Bertz CT molecular complexity index is 971. The van der Waals surface area contributed by atoms with Crippen LogP contribution in [-0.2, 0) is 19.7 Å². The fraction of sp³-hybridized carbons (Fsp3) is 0.583. The van der Waals surface area contributed by atoms with Crippen LogP contribution in [0.1, 0.15) is 68.5 Å². The Labute approximate surface area is 177 Å². The van der Waals surface area contributed by atoms with Gasteiger partial charge in [0.25, 0.3) is 0 Å². The second-order valence-electron chi connectivity index (χ2n) is 9.05. The summed E-state index contributed by atoms with van der Waals surface area (Å²) in [4.78, 5) is 13.8. The summed E-state index contributed by atoms with van der Waals surface area (Å²) >= 11 is 0. The van der Waals surface area contributed by atoms with Crippen molar-refractivity contribution in [3.8, 4) is 5.69 Å². The van der Waals surface area contributed by atoms with E-state index in [2.05, 4.69) is 6.92 Å². The summed E-state index contributed by atoms with van der Waals surface area (Å²) in [5.74, 6) is -1.18. The Morgan fingerprint density at radius 2 is 2.10 bits per heavy atom. The lowest BCUT2D eigenvalue weighted by atomic mass is 9.52. The first-order chi connectivity index (χ1) is 14.5. The van der Waals surface area contributed by atoms with Crippen molar-refractivity contribution in [2.45, 2.75) is 69.7 Å². The molecule has 2 bridgehead atoms. The fourth-order valence-electron chi connectivity index (χ4n) is 6.46. The average Bonchev–Trinajstić information content (AvgIpc) is 3.18. The van der Waals surface area contributed by atoms with Crippen LogP contribution in [0.15, 0.2) is 30.3 Å². The van der Waals surface area contributed by atoms with Crippen molar-refractivity contribution >= 4 is 5.97 Å². The molecule has 1 aromatic heterocycles. The van der Waals surface area contributed by atoms with E-state index < -0.39 is 17.3 Å². The summed E-state index contributed by atoms with van der Waals surface area (Å²) in [6, 6.07) is 9.89. The average molecular weight is 411 g/mol. The van der Waals surface area contributed by atoms with Gasteiger partial charge in [-0.2, -0.15) is 5.10 Å². The molecule has 0 amide bonds. The van der Waals surface area contributed by atoms with E-state index >= 15 is 0 Å². The van der Waals surface area contributed by atoms with Crippen LogP contribution in [0.25, 0.3) is 5.69 Å². The largest absolute Gasteiger partial charge is 0.432 e. The fourth-order valence-corrected chi connectivity index (χ4v) is 6.46. The SMILES string of the molecule is CCCC[C@@H]1[C@]2(OC)CC[C@@H]3CC(O)c4c(C)nn(-c5ccccc5)c4[C@@]31C(=O)O2. The maximum absolute atomic E-state index is 13.8. The zero-order chi connectivity index (χ0) is 21.1. The first-order valence-corrected chi connectivity index (χ1v) is 11.1. The molecule has 1 saturated heterocycles. The van der Waals surface area contributed by atoms with Gasteiger partial charge >= 0.3 is 5.97 Å². The third-order valence-electron chi connectivity index (χ3n) is 7.70. The van der Waals surface area contributed by atoms with Crippen molar-refractivity contribution in [2.75, 3.05) is 7.11 Å². The van der Waals surface area contributed by atoms with Crippen LogP contribution in [0.5, 0.6) is 0 Å². The van der Waals surface area contributed by atoms with Crippen molar-refractivity contribution in [1.29, 1.82) is 0 Å². The van der Waals surface area contributed by atoms with E-state index in [1.165, 1.54) is 0 Å². The van der Waals surface area contributed by atoms with Gasteiger partial charge in [0.2, 0.25) is 5.79 Å². The molecule has 30 heavy (non-hydrogen) atoms. The van der Waals surface area contributed by atoms with Crippen LogP contribution in [0.4, 0.5) is 0 Å². The monoisotopic (exact) mass is 410 g/mol. The van der Waals surface area contributed by atoms with Gasteiger partial charge in [-0.1, -0.05) is 38.0 Å². The van der Waals surface area contributed by atoms with Gasteiger partial charge in [0.05, 0.1) is 23.2 Å². The molecule has 6 nitrogen and oxygen atoms in total. The number of aromatic nitrogens is 2. The number of ether oxygens (including phenoxy) is 2. The molecule has 1 N–H and O–H groups in total. The van der Waals surface area contributed by atoms with Crippen molar-refractivity contribution in [1.82, 2.24) is 9.78 Å². The summed E-state index contributed by atoms with van der Waals surface area (Å²) in [7, 11) is 1.66. The number of carbonyl (C=O) groups excluding carboxylic acids is 1. The number of rotatable bonds is 5. The molecule has 5 atom stereocenters. The molecular formula is C24H30N2O4. The minimum atomic E-state index is -0.887. The van der Waals surface area contributed by atoms with E-state index in [0.29, 0.717) is 12.8 Å². The first-order valence-electron chi connectivity index (χ1n) is 11.1. The van der Waals surface area contributed by atoms with Crippen LogP contribution in [0.2, 0.25) is 0 Å². The van der Waals surface area contributed by atoms with E-state index in [9.17, 15) is 9.90 Å². The quantitative estimate of drug-likeness (QED) is 0.755. The molecule has 2 heterocycles. The van der Waals surface area contributed by atoms with Crippen molar-refractivity contribution in [2.24, 2.45) is 11.8 Å². The lowest BCUT2D eigenvalue weighted by molar-refractivity contribution is -0.228. The molecule has 1 saturated carbocycles. The van der Waals surface area contributed by atoms with Gasteiger partial charge in [0.1, 0.15) is 5.41 Å². The summed E-state index contributed by atoms with van der Waals surface area (Å²) in [6.07, 6.45) is 4.29. The number of carbonyl (C=O) groups is 1. The van der Waals surface area contributed by atoms with Gasteiger partial charge in [-0.25, -0.2) is 4.68 Å². The lowest BCUT2D eigenvalue weighted by Gasteiger charge is -2.49. The van der Waals surface area contributed by atoms with Gasteiger partial charge in [0.15, 0.2) is 0 Å². The summed E-state index contributed by atoms with van der Waals surface area (Å²) in [5.41, 5.74) is 2.44. The number of fused-ring (bicyclic) bond motifs is 2. The normalized spacial score (nSPS) is 34.4. The lowest BCUT2D eigenvalue weighted by Crippen LogP contribution is -2.56. The number of hydrogen-bond acceptors (Lipinski definition) is 5. The smallest absolute Gasteiger partial charge is 0.321 e. The molecule has 2 fully saturated rings. The number of aryl methyl sites for hydroxylation is 1. The number of para-hydroxylation sites is 1. The predicted molar refractivity (Wildman–Crippen MR) is 111 cm³/mol. The van der Waals surface area contributed by atoms with E-state index in [1.807, 2.05) is 41.9 Å². The Hall–Kier alpha value is -2.18. The van der Waals surface area contributed by atoms with E-state index in [-0.39, 0.29) is 17.8 Å². The number of benzene rings is 1. The van der Waals surface area contributed by atoms with Gasteiger partial charge in [0, 0.05) is 25.0 Å². The molecule has 1 unspecified atom stereocenters. The molecule has 2 aliphatic carbocycles. The van der Waals surface area contributed by atoms with E-state index in [0.717, 1.165) is 48.3 Å². The molecular weight excluding hydrogens is 380 g/mol. The summed E-state index contributed by atoms with van der Waals surface area (Å²) in [6.45, 7) is 4.09. The zero-order valence-electron chi connectivity index (χ0n) is 17.9. The number of esters is 1. The molecule has 160 valence electrons. The Kier molecular flexibility index (Phi) is 4.56. The predicted octanol–water partition coefficient (Wildman–Crippen LogP) is 3.97. The highest BCUT2D eigenvalue weighted by molar-refractivity contribution is 5.88. The van der Waals surface area contributed by atoms with Gasteiger partial charge in [-0.3, -0.25) is 4.79 Å². The van der Waals surface area contributed by atoms with Gasteiger partial charge in [-0.05, 0) is 44.2 Å². The minimum absolute atomic E-state index is 0.0127. The Morgan fingerprint density at radius 3 is 2.80 bits per heavy atom. The number of methoxy groups -OCH3 is 1. The Morgan fingerprint density at radius 1 is 1.33 bits per heavy atom. The van der Waals surface area contributed by atoms with Crippen LogP contribution < -0.4 is 0 Å². The summed E-state index contributed by atoms with van der Waals surface area (Å²) in [5, 5.41) is 15.9. The molecule has 1 aromatic carbocycles. The number of unbranched alkanes of at least 4 members (excludes halogenated alkanes) is 1. The van der Waals surface area contributed by atoms with Crippen LogP contribution in [0.3, 0.4) is 0 Å². The molecule has 5 rings (SSSR count). The maximum atomic E-state index is 13.8. The highest BCUT2D eigenvalue weighted by Gasteiger charge is 2.74. The molecule has 3 aliphatic rings. The van der Waals surface area contributed by atoms with E-state index in [1.54, 1.807) is 7.11 Å². The number of nitrogens with zero attached hydrogens (tertiary/aromatic N) is 2.